The van der Waals surface area contributed by atoms with Crippen LogP contribution in [-0.4, -0.2) is 49.5 Å². The summed E-state index contributed by atoms with van der Waals surface area (Å²) in [5, 5.41) is 9.79. The van der Waals surface area contributed by atoms with E-state index in [1.807, 2.05) is 24.7 Å². The average molecular weight is 440 g/mol. The Morgan fingerprint density at radius 2 is 2.16 bits per heavy atom. The second kappa shape index (κ2) is 7.67. The molecule has 3 aromatic rings. The summed E-state index contributed by atoms with van der Waals surface area (Å²) in [5.41, 5.74) is 10.4. The first-order chi connectivity index (χ1) is 14.9. The second-order valence-corrected chi connectivity index (χ2v) is 9.24. The van der Waals surface area contributed by atoms with Crippen molar-refractivity contribution >= 4 is 34.7 Å². The number of amides is 1. The zero-order chi connectivity index (χ0) is 21.7. The molecular weight excluding hydrogens is 414 g/mol. The van der Waals surface area contributed by atoms with Gasteiger partial charge in [-0.2, -0.15) is 10.1 Å². The molecule has 0 saturated heterocycles. The highest BCUT2D eigenvalue weighted by atomic mass is 32.2. The number of aromatic nitrogens is 5. The van der Waals surface area contributed by atoms with Crippen molar-refractivity contribution in [1.82, 2.24) is 30.0 Å². The van der Waals surface area contributed by atoms with E-state index in [9.17, 15) is 4.79 Å². The van der Waals surface area contributed by atoms with E-state index in [2.05, 4.69) is 20.3 Å². The lowest BCUT2D eigenvalue weighted by Gasteiger charge is -2.16. The molecule has 0 radical (unpaired) electrons. The summed E-state index contributed by atoms with van der Waals surface area (Å²) < 4.78 is 7.38. The average Bonchev–Trinajstić information content (AvgIpc) is 3.54. The number of hydrogen-bond donors (Lipinski definition) is 2. The Morgan fingerprint density at radius 1 is 1.35 bits per heavy atom. The van der Waals surface area contributed by atoms with E-state index in [1.54, 1.807) is 18.9 Å². The molecule has 10 heteroatoms. The number of aryl methyl sites for hydroxylation is 1. The lowest BCUT2D eigenvalue weighted by Crippen LogP contribution is -2.39. The van der Waals surface area contributed by atoms with Crippen LogP contribution in [0.4, 0.5) is 5.95 Å². The number of anilines is 1. The van der Waals surface area contributed by atoms with E-state index in [-0.39, 0.29) is 23.8 Å². The molecule has 9 nitrogen and oxygen atoms in total. The van der Waals surface area contributed by atoms with Gasteiger partial charge in [0.05, 0.1) is 30.4 Å². The number of ether oxygens (including phenoxy) is 1. The molecule has 1 fully saturated rings. The van der Waals surface area contributed by atoms with Gasteiger partial charge in [0, 0.05) is 41.5 Å². The summed E-state index contributed by atoms with van der Waals surface area (Å²) in [6, 6.07) is -0.000551. The van der Waals surface area contributed by atoms with Crippen LogP contribution in [0.5, 0.6) is 5.75 Å². The Balaban J connectivity index is 1.52. The standard InChI is InChI=1S/C21H25N7O2S/c1-10-7-23-15(11(2)17(10)30-3)8-28-18-16-14(27-28)6-13(24-19(29)12-4-5-12)9-31-20(16)26-21(22)25-18/h7,12-13H,4-6,8-9H2,1-3H3,(H,24,29)(H2,22,25,26). The van der Waals surface area contributed by atoms with Gasteiger partial charge in [-0.15, -0.1) is 11.8 Å². The largest absolute Gasteiger partial charge is 0.496 e. The molecule has 0 spiro atoms. The summed E-state index contributed by atoms with van der Waals surface area (Å²) in [6.45, 7) is 4.42. The molecule has 1 aliphatic carbocycles. The van der Waals surface area contributed by atoms with E-state index in [4.69, 9.17) is 15.6 Å². The van der Waals surface area contributed by atoms with Crippen molar-refractivity contribution < 1.29 is 9.53 Å². The second-order valence-electron chi connectivity index (χ2n) is 8.23. The number of carbonyl (C=O) groups is 1. The van der Waals surface area contributed by atoms with Gasteiger partial charge in [0.2, 0.25) is 11.9 Å². The molecule has 1 atom stereocenters. The first-order valence-corrected chi connectivity index (χ1v) is 11.4. The number of carbonyl (C=O) groups excluding carboxylic acids is 1. The fourth-order valence-electron chi connectivity index (χ4n) is 4.09. The number of nitrogens with zero attached hydrogens (tertiary/aromatic N) is 5. The summed E-state index contributed by atoms with van der Waals surface area (Å²) >= 11 is 1.59. The number of rotatable bonds is 5. The highest BCUT2D eigenvalue weighted by Gasteiger charge is 2.33. The molecule has 31 heavy (non-hydrogen) atoms. The molecule has 3 aromatic heterocycles. The van der Waals surface area contributed by atoms with Crippen LogP contribution >= 0.6 is 11.8 Å². The Morgan fingerprint density at radius 3 is 2.90 bits per heavy atom. The van der Waals surface area contributed by atoms with Gasteiger partial charge >= 0.3 is 0 Å². The maximum Gasteiger partial charge on any atom is 0.223 e. The first kappa shape index (κ1) is 20.0. The fourth-order valence-corrected chi connectivity index (χ4v) is 5.16. The Kier molecular flexibility index (Phi) is 4.96. The van der Waals surface area contributed by atoms with Crippen molar-refractivity contribution in [3.05, 3.63) is 28.7 Å². The monoisotopic (exact) mass is 439 g/mol. The van der Waals surface area contributed by atoms with Crippen LogP contribution in [0, 0.1) is 19.8 Å². The normalized spacial score (nSPS) is 18.1. The zero-order valence-electron chi connectivity index (χ0n) is 17.8. The third-order valence-electron chi connectivity index (χ3n) is 5.85. The molecule has 162 valence electrons. The van der Waals surface area contributed by atoms with E-state index in [0.717, 1.165) is 57.3 Å². The number of nitrogen functional groups attached to an aromatic ring is 1. The molecule has 1 unspecified atom stereocenters. The van der Waals surface area contributed by atoms with E-state index in [0.29, 0.717) is 18.6 Å². The van der Waals surface area contributed by atoms with Crippen LogP contribution in [0.25, 0.3) is 11.0 Å². The molecule has 3 N–H and O–H groups in total. The predicted molar refractivity (Wildman–Crippen MR) is 118 cm³/mol. The quantitative estimate of drug-likeness (QED) is 0.579. The maximum atomic E-state index is 12.3. The van der Waals surface area contributed by atoms with E-state index in [1.165, 1.54) is 0 Å². The minimum absolute atomic E-state index is 0.000551. The van der Waals surface area contributed by atoms with Gasteiger partial charge in [-0.25, -0.2) is 9.67 Å². The molecule has 5 rings (SSSR count). The van der Waals surface area contributed by atoms with E-state index >= 15 is 0 Å². The van der Waals surface area contributed by atoms with Gasteiger partial charge < -0.3 is 15.8 Å². The molecule has 2 aliphatic rings. The molecule has 4 heterocycles. The number of pyridine rings is 1. The van der Waals surface area contributed by atoms with Gasteiger partial charge in [-0.3, -0.25) is 9.78 Å². The van der Waals surface area contributed by atoms with Gasteiger partial charge in [0.15, 0.2) is 5.65 Å². The minimum atomic E-state index is -0.000551. The third-order valence-corrected chi connectivity index (χ3v) is 6.99. The van der Waals surface area contributed by atoms with Crippen molar-refractivity contribution in [2.24, 2.45) is 5.92 Å². The fraction of sp³-hybridized carbons (Fsp3) is 0.476. The van der Waals surface area contributed by atoms with Crippen LogP contribution in [-0.2, 0) is 17.8 Å². The van der Waals surface area contributed by atoms with Gasteiger partial charge in [0.1, 0.15) is 10.8 Å². The molecule has 0 bridgehead atoms. The maximum absolute atomic E-state index is 12.3. The predicted octanol–water partition coefficient (Wildman–Crippen LogP) is 2.02. The van der Waals surface area contributed by atoms with Crippen LogP contribution < -0.4 is 15.8 Å². The van der Waals surface area contributed by atoms with Crippen LogP contribution in [0.2, 0.25) is 0 Å². The first-order valence-electron chi connectivity index (χ1n) is 10.4. The number of nitrogens with one attached hydrogen (secondary N) is 1. The topological polar surface area (TPSA) is 121 Å². The molecule has 1 saturated carbocycles. The van der Waals surface area contributed by atoms with Gasteiger partial charge in [-0.05, 0) is 26.7 Å². The SMILES string of the molecule is COc1c(C)cnc(Cn2nc3c4c(nc(N)nc42)SCC(NC(=O)C2CC2)C3)c1C. The summed E-state index contributed by atoms with van der Waals surface area (Å²) in [5.74, 6) is 2.10. The lowest BCUT2D eigenvalue weighted by atomic mass is 10.1. The van der Waals surface area contributed by atoms with Crippen molar-refractivity contribution in [2.45, 2.75) is 50.7 Å². The number of nitrogens with two attached hydrogens (primary N) is 1. The molecule has 1 amide bonds. The van der Waals surface area contributed by atoms with Crippen LogP contribution in [0.1, 0.15) is 35.4 Å². The van der Waals surface area contributed by atoms with Gasteiger partial charge in [0.25, 0.3) is 0 Å². The Hall–Kier alpha value is -2.88. The lowest BCUT2D eigenvalue weighted by molar-refractivity contribution is -0.122. The smallest absolute Gasteiger partial charge is 0.223 e. The summed E-state index contributed by atoms with van der Waals surface area (Å²) in [7, 11) is 1.67. The zero-order valence-corrected chi connectivity index (χ0v) is 18.6. The van der Waals surface area contributed by atoms with Crippen molar-refractivity contribution in [1.29, 1.82) is 0 Å². The summed E-state index contributed by atoms with van der Waals surface area (Å²) in [4.78, 5) is 25.9. The highest BCUT2D eigenvalue weighted by molar-refractivity contribution is 7.99. The van der Waals surface area contributed by atoms with E-state index < -0.39 is 0 Å². The third kappa shape index (κ3) is 3.69. The van der Waals surface area contributed by atoms with Crippen molar-refractivity contribution in [3.8, 4) is 5.75 Å². The molecule has 0 aromatic carbocycles. The van der Waals surface area contributed by atoms with Crippen LogP contribution in [0.15, 0.2) is 11.2 Å². The number of hydrogen-bond acceptors (Lipinski definition) is 8. The minimum Gasteiger partial charge on any atom is -0.496 e. The Labute approximate surface area is 184 Å². The molecular formula is C21H25N7O2S. The number of methoxy groups -OCH3 is 1. The highest BCUT2D eigenvalue weighted by Crippen LogP contribution is 2.35. The molecule has 1 aliphatic heterocycles. The van der Waals surface area contributed by atoms with Crippen molar-refractivity contribution in [3.63, 3.8) is 0 Å². The number of thioether (sulfide) groups is 1. The van der Waals surface area contributed by atoms with Gasteiger partial charge in [-0.1, -0.05) is 0 Å². The Bertz CT molecular complexity index is 1190. The summed E-state index contributed by atoms with van der Waals surface area (Å²) in [6.07, 6.45) is 4.42. The van der Waals surface area contributed by atoms with Crippen LogP contribution in [0.3, 0.4) is 0 Å². The van der Waals surface area contributed by atoms with Crippen molar-refractivity contribution in [2.75, 3.05) is 18.6 Å².